The summed E-state index contributed by atoms with van der Waals surface area (Å²) in [6.07, 6.45) is 6.44. The van der Waals surface area contributed by atoms with Gasteiger partial charge in [0.05, 0.1) is 18.8 Å². The van der Waals surface area contributed by atoms with Crippen LogP contribution in [0.2, 0.25) is 0 Å². The second kappa shape index (κ2) is 12.2. The molecule has 3 heterocycles. The average Bonchev–Trinajstić information content (AvgIpc) is 2.77. The third kappa shape index (κ3) is 7.08. The van der Waals surface area contributed by atoms with Gasteiger partial charge >= 0.3 is 0 Å². The van der Waals surface area contributed by atoms with Gasteiger partial charge in [-0.1, -0.05) is 13.8 Å². The Morgan fingerprint density at radius 3 is 2.40 bits per heavy atom. The number of likely N-dealkylation sites (N-methyl/N-ethyl adjacent to an activating group) is 1. The van der Waals surface area contributed by atoms with Gasteiger partial charge in [-0.3, -0.25) is 9.89 Å². The van der Waals surface area contributed by atoms with Crippen molar-refractivity contribution in [3.8, 4) is 0 Å². The van der Waals surface area contributed by atoms with Crippen LogP contribution in [0.5, 0.6) is 0 Å². The van der Waals surface area contributed by atoms with Gasteiger partial charge in [-0.15, -0.1) is 0 Å². The Labute approximate surface area is 184 Å². The third-order valence-electron chi connectivity index (χ3n) is 6.99. The van der Waals surface area contributed by atoms with E-state index in [1.807, 2.05) is 7.05 Å². The highest BCUT2D eigenvalue weighted by Gasteiger charge is 2.27. The number of hydrogen-bond donors (Lipinski definition) is 1. The minimum absolute atomic E-state index is 0.314. The Balaban J connectivity index is 1.40. The maximum Gasteiger partial charge on any atom is 0.193 e. The zero-order valence-corrected chi connectivity index (χ0v) is 19.8. The molecule has 0 bridgehead atoms. The Morgan fingerprint density at radius 2 is 1.80 bits per heavy atom. The van der Waals surface area contributed by atoms with E-state index in [9.17, 15) is 0 Å². The van der Waals surface area contributed by atoms with Gasteiger partial charge in [0.1, 0.15) is 0 Å². The molecular weight excluding hydrogens is 378 g/mol. The normalized spacial score (nSPS) is 26.9. The van der Waals surface area contributed by atoms with Crippen molar-refractivity contribution in [2.24, 2.45) is 10.9 Å². The fraction of sp³-hybridized carbons (Fsp3) is 0.957. The van der Waals surface area contributed by atoms with Crippen LogP contribution < -0.4 is 5.32 Å². The highest BCUT2D eigenvalue weighted by atomic mass is 16.5. The van der Waals surface area contributed by atoms with Gasteiger partial charge in [0, 0.05) is 65.5 Å². The number of aliphatic imine (C=N–C) groups is 1. The SMILES string of the molecule is CN=C(NCC(C(C)C)N1CCN(C)CC1)N1CCC(OCC2CCCCO2)CC1. The lowest BCUT2D eigenvalue weighted by molar-refractivity contribution is -0.0721. The topological polar surface area (TPSA) is 52.6 Å². The number of piperidine rings is 1. The van der Waals surface area contributed by atoms with Crippen molar-refractivity contribution in [2.75, 3.05) is 73.1 Å². The predicted molar refractivity (Wildman–Crippen MR) is 123 cm³/mol. The Hall–Kier alpha value is -0.890. The van der Waals surface area contributed by atoms with Crippen LogP contribution in [0, 0.1) is 5.92 Å². The van der Waals surface area contributed by atoms with Crippen molar-refractivity contribution in [3.05, 3.63) is 0 Å². The van der Waals surface area contributed by atoms with Crippen molar-refractivity contribution in [1.29, 1.82) is 0 Å². The predicted octanol–water partition coefficient (Wildman–Crippen LogP) is 1.88. The molecule has 0 radical (unpaired) electrons. The van der Waals surface area contributed by atoms with E-state index >= 15 is 0 Å². The first kappa shape index (κ1) is 23.8. The summed E-state index contributed by atoms with van der Waals surface area (Å²) in [5, 5.41) is 3.69. The lowest BCUT2D eigenvalue weighted by atomic mass is 10.0. The first-order valence-electron chi connectivity index (χ1n) is 12.2. The van der Waals surface area contributed by atoms with Crippen molar-refractivity contribution >= 4 is 5.96 Å². The van der Waals surface area contributed by atoms with Crippen LogP contribution in [0.15, 0.2) is 4.99 Å². The number of nitrogens with one attached hydrogen (secondary N) is 1. The van der Waals surface area contributed by atoms with Gasteiger partial charge < -0.3 is 24.6 Å². The van der Waals surface area contributed by atoms with Gasteiger partial charge in [0.2, 0.25) is 0 Å². The molecule has 7 nitrogen and oxygen atoms in total. The molecule has 0 saturated carbocycles. The van der Waals surface area contributed by atoms with Crippen LogP contribution in [0.25, 0.3) is 0 Å². The lowest BCUT2D eigenvalue weighted by Gasteiger charge is -2.41. The molecule has 0 spiro atoms. The minimum Gasteiger partial charge on any atom is -0.376 e. The van der Waals surface area contributed by atoms with Crippen molar-refractivity contribution in [1.82, 2.24) is 20.0 Å². The first-order valence-corrected chi connectivity index (χ1v) is 12.2. The summed E-state index contributed by atoms with van der Waals surface area (Å²) in [7, 11) is 4.13. The Bertz CT molecular complexity index is 508. The molecule has 0 amide bonds. The molecule has 1 N–H and O–H groups in total. The molecule has 3 aliphatic heterocycles. The van der Waals surface area contributed by atoms with E-state index in [1.165, 1.54) is 12.8 Å². The number of ether oxygens (including phenoxy) is 2. The molecule has 3 aliphatic rings. The van der Waals surface area contributed by atoms with Crippen molar-refractivity contribution in [2.45, 2.75) is 64.2 Å². The number of guanidine groups is 1. The largest absolute Gasteiger partial charge is 0.376 e. The molecular formula is C23H45N5O2. The van der Waals surface area contributed by atoms with Crippen LogP contribution in [0.3, 0.4) is 0 Å². The van der Waals surface area contributed by atoms with E-state index < -0.39 is 0 Å². The molecule has 3 rings (SSSR count). The van der Waals surface area contributed by atoms with Gasteiger partial charge in [-0.2, -0.15) is 0 Å². The zero-order chi connectivity index (χ0) is 21.3. The third-order valence-corrected chi connectivity index (χ3v) is 6.99. The van der Waals surface area contributed by atoms with Gasteiger partial charge in [0.15, 0.2) is 5.96 Å². The van der Waals surface area contributed by atoms with Crippen LogP contribution >= 0.6 is 0 Å². The number of piperazine rings is 1. The fourth-order valence-corrected chi connectivity index (χ4v) is 4.88. The molecule has 7 heteroatoms. The van der Waals surface area contributed by atoms with Crippen molar-refractivity contribution < 1.29 is 9.47 Å². The summed E-state index contributed by atoms with van der Waals surface area (Å²) in [6.45, 7) is 14.0. The van der Waals surface area contributed by atoms with E-state index in [-0.39, 0.29) is 0 Å². The highest BCUT2D eigenvalue weighted by molar-refractivity contribution is 5.80. The second-order valence-corrected chi connectivity index (χ2v) is 9.59. The van der Waals surface area contributed by atoms with E-state index in [2.05, 4.69) is 45.9 Å². The summed E-state index contributed by atoms with van der Waals surface area (Å²) >= 11 is 0. The summed E-state index contributed by atoms with van der Waals surface area (Å²) in [5.41, 5.74) is 0. The smallest absolute Gasteiger partial charge is 0.193 e. The van der Waals surface area contributed by atoms with Gasteiger partial charge in [-0.05, 0) is 45.1 Å². The molecule has 0 aromatic rings. The van der Waals surface area contributed by atoms with E-state index in [0.29, 0.717) is 24.2 Å². The highest BCUT2D eigenvalue weighted by Crippen LogP contribution is 2.18. The molecule has 0 aromatic heterocycles. The maximum atomic E-state index is 6.18. The van der Waals surface area contributed by atoms with Crippen LogP contribution in [-0.4, -0.2) is 112 Å². The molecule has 3 fully saturated rings. The molecule has 2 atom stereocenters. The molecule has 2 unspecified atom stereocenters. The van der Waals surface area contributed by atoms with E-state index in [4.69, 9.17) is 9.47 Å². The standard InChI is InChI=1S/C23H45N5O2/c1-19(2)22(27-14-12-26(4)13-15-27)17-25-23(24-3)28-10-8-20(9-11-28)30-18-21-7-5-6-16-29-21/h19-22H,5-18H2,1-4H3,(H,24,25). The summed E-state index contributed by atoms with van der Waals surface area (Å²) in [5.74, 6) is 1.67. The van der Waals surface area contributed by atoms with E-state index in [1.54, 1.807) is 0 Å². The molecule has 0 aliphatic carbocycles. The van der Waals surface area contributed by atoms with Crippen LogP contribution in [0.4, 0.5) is 0 Å². The molecule has 174 valence electrons. The number of nitrogens with zero attached hydrogens (tertiary/aromatic N) is 4. The second-order valence-electron chi connectivity index (χ2n) is 9.59. The average molecular weight is 424 g/mol. The Morgan fingerprint density at radius 1 is 1.07 bits per heavy atom. The number of rotatable bonds is 7. The fourth-order valence-electron chi connectivity index (χ4n) is 4.88. The zero-order valence-electron chi connectivity index (χ0n) is 19.8. The van der Waals surface area contributed by atoms with Gasteiger partial charge in [-0.25, -0.2) is 0 Å². The quantitative estimate of drug-likeness (QED) is 0.499. The Kier molecular flexibility index (Phi) is 9.68. The lowest BCUT2D eigenvalue weighted by Crippen LogP contribution is -2.56. The summed E-state index contributed by atoms with van der Waals surface area (Å²) in [4.78, 5) is 12.1. The van der Waals surface area contributed by atoms with Crippen LogP contribution in [0.1, 0.15) is 46.0 Å². The monoisotopic (exact) mass is 423 g/mol. The number of hydrogen-bond acceptors (Lipinski definition) is 5. The number of likely N-dealkylation sites (tertiary alicyclic amines) is 1. The summed E-state index contributed by atoms with van der Waals surface area (Å²) in [6, 6.07) is 0.548. The van der Waals surface area contributed by atoms with Gasteiger partial charge in [0.25, 0.3) is 0 Å². The molecule has 3 saturated heterocycles. The minimum atomic E-state index is 0.314. The van der Waals surface area contributed by atoms with E-state index in [0.717, 1.165) is 84.2 Å². The van der Waals surface area contributed by atoms with Crippen molar-refractivity contribution in [3.63, 3.8) is 0 Å². The molecule has 30 heavy (non-hydrogen) atoms. The summed E-state index contributed by atoms with van der Waals surface area (Å²) < 4.78 is 12.0. The molecule has 0 aromatic carbocycles. The van der Waals surface area contributed by atoms with Crippen LogP contribution in [-0.2, 0) is 9.47 Å². The maximum absolute atomic E-state index is 6.18. The first-order chi connectivity index (χ1) is 14.6.